The molecule has 0 bridgehead atoms. The van der Waals surface area contributed by atoms with Crippen LogP contribution < -0.4 is 40.2 Å². The number of aryl methyl sites for hydroxylation is 1. The van der Waals surface area contributed by atoms with E-state index in [0.29, 0.717) is 43.5 Å². The number of rotatable bonds is 11. The molecule has 8 heterocycles. The van der Waals surface area contributed by atoms with Crippen molar-refractivity contribution < 1.29 is 23.9 Å². The first-order valence-corrected chi connectivity index (χ1v) is 25.8. The van der Waals surface area contributed by atoms with Crippen molar-refractivity contribution in [1.82, 2.24) is 34.5 Å². The van der Waals surface area contributed by atoms with E-state index in [9.17, 15) is 24.0 Å². The molecule has 0 aliphatic carbocycles. The van der Waals surface area contributed by atoms with Gasteiger partial charge in [-0.3, -0.25) is 44.3 Å². The molecule has 5 aliphatic rings. The topological polar surface area (TPSA) is 175 Å². The molecule has 3 aromatic heterocycles. The number of pyridine rings is 2. The summed E-state index contributed by atoms with van der Waals surface area (Å²) in [5, 5.41) is 6.76. The Hall–Kier alpha value is -7.86. The van der Waals surface area contributed by atoms with Gasteiger partial charge in [-0.05, 0) is 123 Å². The van der Waals surface area contributed by atoms with Crippen LogP contribution >= 0.6 is 0 Å². The van der Waals surface area contributed by atoms with Crippen LogP contribution in [0.2, 0.25) is 0 Å². The standard InChI is InChI=1S/C56H62N12O6/c1-7-41-43(21-25-58-50(41)66-31-30-65(55(66)73)40-10-9-24-57-33-40)42-18-17-39(67-53(74-6)60-61(5)54(67)72)32-44(42)36-13-15-38(16-14-36)64-29-28-63(34-35(64)2)37-22-26-62(27-23-37)45-11-8-12-46-49(45)56(3,4)52(71)68(46)47-19-20-48(69)59-51(47)70/h8-18,21,24-25,32-33,35,37,47H,7,19-20,22-23,26-31,34H2,1-6H3,(H,59,69,70)/t35-,47?/m0/s1. The molecule has 0 saturated carbocycles. The predicted molar refractivity (Wildman–Crippen MR) is 284 cm³/mol. The molecular weight excluding hydrogens is 937 g/mol. The summed E-state index contributed by atoms with van der Waals surface area (Å²) < 4.78 is 8.30. The number of piperazine rings is 1. The minimum absolute atomic E-state index is 0.110. The molecule has 5 amide bonds. The summed E-state index contributed by atoms with van der Waals surface area (Å²) in [5.41, 5.74) is 8.77. The van der Waals surface area contributed by atoms with Gasteiger partial charge in [0, 0.05) is 106 Å². The SMILES string of the molecule is CCc1c(-c2ccc(-n3c(OC)nn(C)c3=O)cc2-c2ccc(N3CCN(C4CCN(c5cccc6c5C(C)(C)C(=O)N6C5CCC(=O)NC5=O)CC4)C[C@@H]3C)cc2)ccnc1N1CCN(c2cccnc2)C1=O. The lowest BCUT2D eigenvalue weighted by Crippen LogP contribution is -2.57. The number of nitrogens with zero attached hydrogens (tertiary/aromatic N) is 11. The summed E-state index contributed by atoms with van der Waals surface area (Å²) in [4.78, 5) is 88.2. The van der Waals surface area contributed by atoms with E-state index in [2.05, 4.69) is 74.3 Å². The van der Waals surface area contributed by atoms with Gasteiger partial charge in [0.05, 0.1) is 35.8 Å². The molecule has 18 nitrogen and oxygen atoms in total. The van der Waals surface area contributed by atoms with E-state index in [0.717, 1.165) is 102 Å². The predicted octanol–water partition coefficient (Wildman–Crippen LogP) is 6.32. The van der Waals surface area contributed by atoms with E-state index in [1.807, 2.05) is 62.4 Å². The van der Waals surface area contributed by atoms with E-state index in [1.54, 1.807) is 40.3 Å². The largest absolute Gasteiger partial charge is 0.467 e. The molecule has 11 rings (SSSR count). The van der Waals surface area contributed by atoms with Gasteiger partial charge < -0.3 is 14.5 Å². The van der Waals surface area contributed by atoms with Gasteiger partial charge in [-0.1, -0.05) is 31.2 Å². The zero-order chi connectivity index (χ0) is 51.6. The molecule has 1 unspecified atom stereocenters. The second-order valence-corrected chi connectivity index (χ2v) is 20.5. The van der Waals surface area contributed by atoms with Gasteiger partial charge >= 0.3 is 17.7 Å². The van der Waals surface area contributed by atoms with Crippen LogP contribution in [0.25, 0.3) is 27.9 Å². The number of nitrogens with one attached hydrogen (secondary N) is 1. The summed E-state index contributed by atoms with van der Waals surface area (Å²) in [5.74, 6) is -0.198. The van der Waals surface area contributed by atoms with Crippen molar-refractivity contribution in [3.05, 3.63) is 119 Å². The Bertz CT molecular complexity index is 3240. The fourth-order valence-corrected chi connectivity index (χ4v) is 12.1. The molecule has 0 spiro atoms. The number of anilines is 5. The quantitative estimate of drug-likeness (QED) is 0.143. The second kappa shape index (κ2) is 19.2. The Kier molecular flexibility index (Phi) is 12.6. The fourth-order valence-electron chi connectivity index (χ4n) is 12.1. The second-order valence-electron chi connectivity index (χ2n) is 20.5. The van der Waals surface area contributed by atoms with Crippen molar-refractivity contribution in [2.45, 2.75) is 83.3 Å². The number of piperidine rings is 2. The number of methoxy groups -OCH3 is 1. The number of amides is 5. The third-order valence-electron chi connectivity index (χ3n) is 15.9. The third kappa shape index (κ3) is 8.24. The Morgan fingerprint density at radius 2 is 1.53 bits per heavy atom. The Balaban J connectivity index is 0.821. The van der Waals surface area contributed by atoms with Crippen LogP contribution in [-0.4, -0.2) is 124 Å². The minimum atomic E-state index is -0.821. The van der Waals surface area contributed by atoms with Crippen LogP contribution in [0, 0.1) is 0 Å². The van der Waals surface area contributed by atoms with Crippen molar-refractivity contribution in [1.29, 1.82) is 0 Å². The lowest BCUT2D eigenvalue weighted by atomic mass is 9.84. The van der Waals surface area contributed by atoms with Crippen LogP contribution in [-0.2, 0) is 33.3 Å². The van der Waals surface area contributed by atoms with Crippen molar-refractivity contribution >= 4 is 52.3 Å². The average Bonchev–Trinajstić information content (AvgIpc) is 4.02. The fraction of sp³-hybridized carbons (Fsp3) is 0.393. The maximum Gasteiger partial charge on any atom is 0.353 e. The molecule has 4 saturated heterocycles. The van der Waals surface area contributed by atoms with Crippen LogP contribution in [0.3, 0.4) is 0 Å². The first-order chi connectivity index (χ1) is 35.8. The molecular formula is C56H62N12O6. The van der Waals surface area contributed by atoms with Gasteiger partial charge in [0.2, 0.25) is 17.7 Å². The van der Waals surface area contributed by atoms with E-state index >= 15 is 0 Å². The first kappa shape index (κ1) is 48.4. The number of fused-ring (bicyclic) bond motifs is 1. The molecule has 0 radical (unpaired) electrons. The maximum absolute atomic E-state index is 14.0. The van der Waals surface area contributed by atoms with Crippen molar-refractivity contribution in [3.63, 3.8) is 0 Å². The zero-order valence-electron chi connectivity index (χ0n) is 42.8. The summed E-state index contributed by atoms with van der Waals surface area (Å²) in [6, 6.07) is 26.4. The van der Waals surface area contributed by atoms with Crippen molar-refractivity contribution in [2.24, 2.45) is 7.05 Å². The number of carbonyl (C=O) groups is 4. The van der Waals surface area contributed by atoms with Gasteiger partial charge in [-0.2, -0.15) is 0 Å². The maximum atomic E-state index is 14.0. The van der Waals surface area contributed by atoms with Gasteiger partial charge in [-0.15, -0.1) is 5.10 Å². The Morgan fingerprint density at radius 1 is 0.770 bits per heavy atom. The van der Waals surface area contributed by atoms with Crippen LogP contribution in [0.4, 0.5) is 33.4 Å². The highest BCUT2D eigenvalue weighted by molar-refractivity contribution is 6.15. The number of hydrogen-bond acceptors (Lipinski definition) is 12. The Morgan fingerprint density at radius 3 is 2.24 bits per heavy atom. The number of hydrogen-bond donors (Lipinski definition) is 1. The van der Waals surface area contributed by atoms with E-state index in [1.165, 1.54) is 16.4 Å². The highest BCUT2D eigenvalue weighted by Crippen LogP contribution is 2.49. The highest BCUT2D eigenvalue weighted by atomic mass is 16.5. The van der Waals surface area contributed by atoms with Gasteiger partial charge in [-0.25, -0.2) is 23.8 Å². The molecule has 3 aromatic carbocycles. The highest BCUT2D eigenvalue weighted by Gasteiger charge is 2.51. The summed E-state index contributed by atoms with van der Waals surface area (Å²) in [7, 11) is 3.10. The van der Waals surface area contributed by atoms with Crippen molar-refractivity contribution in [3.8, 4) is 34.0 Å². The molecule has 6 aromatic rings. The lowest BCUT2D eigenvalue weighted by molar-refractivity contribution is -0.136. The van der Waals surface area contributed by atoms with Crippen LogP contribution in [0.15, 0.2) is 102 Å². The first-order valence-electron chi connectivity index (χ1n) is 25.8. The van der Waals surface area contributed by atoms with Crippen LogP contribution in [0.1, 0.15) is 64.5 Å². The van der Waals surface area contributed by atoms with Crippen molar-refractivity contribution in [2.75, 3.05) is 77.4 Å². The number of imide groups is 1. The Labute approximate surface area is 430 Å². The van der Waals surface area contributed by atoms with Gasteiger partial charge in [0.25, 0.3) is 0 Å². The van der Waals surface area contributed by atoms with Gasteiger partial charge in [0.15, 0.2) is 0 Å². The molecule has 4 fully saturated rings. The molecule has 1 N–H and O–H groups in total. The van der Waals surface area contributed by atoms with Crippen LogP contribution in [0.5, 0.6) is 6.01 Å². The number of urea groups is 1. The minimum Gasteiger partial charge on any atom is -0.467 e. The summed E-state index contributed by atoms with van der Waals surface area (Å²) in [6.45, 7) is 13.7. The smallest absolute Gasteiger partial charge is 0.353 e. The summed E-state index contributed by atoms with van der Waals surface area (Å²) in [6.07, 6.45) is 8.29. The molecule has 18 heteroatoms. The third-order valence-corrected chi connectivity index (χ3v) is 15.9. The lowest BCUT2D eigenvalue weighted by Gasteiger charge is -2.47. The average molecular weight is 999 g/mol. The zero-order valence-corrected chi connectivity index (χ0v) is 42.8. The molecule has 74 heavy (non-hydrogen) atoms. The number of benzene rings is 3. The molecule has 5 aliphatic heterocycles. The van der Waals surface area contributed by atoms with E-state index in [4.69, 9.17) is 9.72 Å². The monoisotopic (exact) mass is 998 g/mol. The van der Waals surface area contributed by atoms with E-state index in [-0.39, 0.29) is 42.0 Å². The molecule has 382 valence electrons. The van der Waals surface area contributed by atoms with E-state index < -0.39 is 17.4 Å². The molecule has 2 atom stereocenters. The number of carbonyl (C=O) groups excluding carboxylic acids is 4. The number of aromatic nitrogens is 5. The normalized spacial score (nSPS) is 20.4. The number of ether oxygens (including phenoxy) is 1. The summed E-state index contributed by atoms with van der Waals surface area (Å²) >= 11 is 0. The van der Waals surface area contributed by atoms with Gasteiger partial charge in [0.1, 0.15) is 11.9 Å².